The number of benzene rings is 2. The Morgan fingerprint density at radius 3 is 2.55 bits per heavy atom. The Hall–Kier alpha value is -1.43. The van der Waals surface area contributed by atoms with Gasteiger partial charge in [-0.3, -0.25) is 4.79 Å². The zero-order valence-electron chi connectivity index (χ0n) is 11.9. The standard InChI is InChI=1S/C16H12BrClN2OS/c1-9-3-8-12(18)14-13(9)20(2)16(22-14)19-15(21)10-4-6-11(17)7-5-10/h3-8H,1-2H3. The summed E-state index contributed by atoms with van der Waals surface area (Å²) >= 11 is 11.0. The van der Waals surface area contributed by atoms with Crippen LogP contribution in [-0.2, 0) is 7.05 Å². The van der Waals surface area contributed by atoms with Crippen molar-refractivity contribution in [3.8, 4) is 0 Å². The van der Waals surface area contributed by atoms with Crippen molar-refractivity contribution in [1.29, 1.82) is 0 Å². The Morgan fingerprint density at radius 2 is 1.91 bits per heavy atom. The highest BCUT2D eigenvalue weighted by molar-refractivity contribution is 9.10. The largest absolute Gasteiger partial charge is 0.319 e. The van der Waals surface area contributed by atoms with Gasteiger partial charge in [0, 0.05) is 17.1 Å². The van der Waals surface area contributed by atoms with Gasteiger partial charge in [0.05, 0.1) is 15.2 Å². The van der Waals surface area contributed by atoms with Gasteiger partial charge in [-0.1, -0.05) is 44.9 Å². The summed E-state index contributed by atoms with van der Waals surface area (Å²) in [5, 5.41) is 0.679. The molecule has 2 aromatic carbocycles. The van der Waals surface area contributed by atoms with E-state index in [9.17, 15) is 4.79 Å². The van der Waals surface area contributed by atoms with E-state index >= 15 is 0 Å². The maximum absolute atomic E-state index is 12.3. The number of amides is 1. The third-order valence-corrected chi connectivity index (χ3v) is 5.51. The van der Waals surface area contributed by atoms with Crippen LogP contribution in [-0.4, -0.2) is 10.5 Å². The normalized spacial score (nSPS) is 12.1. The second-order valence-electron chi connectivity index (χ2n) is 4.91. The van der Waals surface area contributed by atoms with Crippen LogP contribution < -0.4 is 4.80 Å². The van der Waals surface area contributed by atoms with Gasteiger partial charge in [0.25, 0.3) is 5.91 Å². The number of hydrogen-bond donors (Lipinski definition) is 0. The molecule has 3 rings (SSSR count). The molecule has 0 atom stereocenters. The van der Waals surface area contributed by atoms with Gasteiger partial charge < -0.3 is 4.57 Å². The highest BCUT2D eigenvalue weighted by Crippen LogP contribution is 2.28. The zero-order valence-corrected chi connectivity index (χ0v) is 15.1. The van der Waals surface area contributed by atoms with Crippen molar-refractivity contribution in [2.24, 2.45) is 12.0 Å². The lowest BCUT2D eigenvalue weighted by atomic mass is 10.2. The van der Waals surface area contributed by atoms with Crippen LogP contribution in [0.25, 0.3) is 10.2 Å². The maximum atomic E-state index is 12.3. The van der Waals surface area contributed by atoms with Crippen LogP contribution in [0.2, 0.25) is 5.02 Å². The summed E-state index contributed by atoms with van der Waals surface area (Å²) in [6.07, 6.45) is 0. The fourth-order valence-electron chi connectivity index (χ4n) is 2.26. The first-order valence-electron chi connectivity index (χ1n) is 6.56. The molecule has 0 saturated carbocycles. The van der Waals surface area contributed by atoms with Gasteiger partial charge in [0.15, 0.2) is 4.80 Å². The molecule has 0 spiro atoms. The second kappa shape index (κ2) is 5.99. The topological polar surface area (TPSA) is 34.4 Å². The van der Waals surface area contributed by atoms with E-state index in [2.05, 4.69) is 20.9 Å². The number of aromatic nitrogens is 1. The Balaban J connectivity index is 2.15. The van der Waals surface area contributed by atoms with Crippen molar-refractivity contribution in [2.75, 3.05) is 0 Å². The van der Waals surface area contributed by atoms with Crippen molar-refractivity contribution in [1.82, 2.24) is 4.57 Å². The maximum Gasteiger partial charge on any atom is 0.279 e. The number of halogens is 2. The Morgan fingerprint density at radius 1 is 1.23 bits per heavy atom. The van der Waals surface area contributed by atoms with Gasteiger partial charge in [0.1, 0.15) is 0 Å². The molecule has 0 N–H and O–H groups in total. The molecule has 1 heterocycles. The van der Waals surface area contributed by atoms with Crippen molar-refractivity contribution < 1.29 is 4.79 Å². The molecule has 0 fully saturated rings. The van der Waals surface area contributed by atoms with Crippen molar-refractivity contribution in [3.63, 3.8) is 0 Å². The average Bonchev–Trinajstić information content (AvgIpc) is 2.82. The predicted molar refractivity (Wildman–Crippen MR) is 94.6 cm³/mol. The Bertz CT molecular complexity index is 941. The van der Waals surface area contributed by atoms with Gasteiger partial charge in [-0.2, -0.15) is 4.99 Å². The first kappa shape index (κ1) is 15.5. The minimum Gasteiger partial charge on any atom is -0.319 e. The number of nitrogens with zero attached hydrogens (tertiary/aromatic N) is 2. The molecule has 3 aromatic rings. The summed E-state index contributed by atoms with van der Waals surface area (Å²) in [4.78, 5) is 17.2. The summed E-state index contributed by atoms with van der Waals surface area (Å²) in [5.74, 6) is -0.261. The smallest absolute Gasteiger partial charge is 0.279 e. The lowest BCUT2D eigenvalue weighted by molar-refractivity contribution is 0.0998. The van der Waals surface area contributed by atoms with Crippen molar-refractivity contribution >= 4 is 55.0 Å². The van der Waals surface area contributed by atoms with Gasteiger partial charge >= 0.3 is 0 Å². The molecular weight excluding hydrogens is 384 g/mol. The summed E-state index contributed by atoms with van der Waals surface area (Å²) < 4.78 is 3.79. The number of carbonyl (C=O) groups excluding carboxylic acids is 1. The third-order valence-electron chi connectivity index (χ3n) is 3.39. The van der Waals surface area contributed by atoms with E-state index in [-0.39, 0.29) is 5.91 Å². The Kier molecular flexibility index (Phi) is 4.21. The average molecular weight is 396 g/mol. The fraction of sp³-hybridized carbons (Fsp3) is 0.125. The highest BCUT2D eigenvalue weighted by Gasteiger charge is 2.11. The summed E-state index contributed by atoms with van der Waals surface area (Å²) in [6, 6.07) is 11.0. The van der Waals surface area contributed by atoms with Crippen molar-refractivity contribution in [2.45, 2.75) is 6.92 Å². The van der Waals surface area contributed by atoms with Crippen LogP contribution >= 0.6 is 38.9 Å². The van der Waals surface area contributed by atoms with E-state index in [0.717, 1.165) is 20.3 Å². The summed E-state index contributed by atoms with van der Waals surface area (Å²) in [7, 11) is 1.90. The van der Waals surface area contributed by atoms with E-state index in [1.165, 1.54) is 11.3 Å². The zero-order chi connectivity index (χ0) is 15.9. The number of hydrogen-bond acceptors (Lipinski definition) is 2. The molecule has 1 amide bonds. The lowest BCUT2D eigenvalue weighted by Crippen LogP contribution is -2.13. The second-order valence-corrected chi connectivity index (χ2v) is 7.21. The minimum absolute atomic E-state index is 0.261. The van der Waals surface area contributed by atoms with E-state index in [4.69, 9.17) is 11.6 Å². The molecule has 0 saturated heterocycles. The summed E-state index contributed by atoms with van der Waals surface area (Å²) in [5.41, 5.74) is 2.68. The minimum atomic E-state index is -0.261. The first-order chi connectivity index (χ1) is 10.5. The molecular formula is C16H12BrClN2OS. The van der Waals surface area contributed by atoms with Gasteiger partial charge in [-0.15, -0.1) is 0 Å². The van der Waals surface area contributed by atoms with Crippen LogP contribution in [0, 0.1) is 6.92 Å². The van der Waals surface area contributed by atoms with Crippen molar-refractivity contribution in [3.05, 3.63) is 61.8 Å². The van der Waals surface area contributed by atoms with Crippen LogP contribution in [0.3, 0.4) is 0 Å². The van der Waals surface area contributed by atoms with Gasteiger partial charge in [-0.25, -0.2) is 0 Å². The molecule has 1 aromatic heterocycles. The van der Waals surface area contributed by atoms with Crippen LogP contribution in [0.15, 0.2) is 45.9 Å². The van der Waals surface area contributed by atoms with E-state index in [1.54, 1.807) is 12.1 Å². The molecule has 0 unspecified atom stereocenters. The quantitative estimate of drug-likeness (QED) is 0.588. The van der Waals surface area contributed by atoms with E-state index in [0.29, 0.717) is 15.4 Å². The number of fused-ring (bicyclic) bond motifs is 1. The van der Waals surface area contributed by atoms with Crippen LogP contribution in [0.4, 0.5) is 0 Å². The number of carbonyl (C=O) groups is 1. The van der Waals surface area contributed by atoms with E-state index in [1.807, 2.05) is 42.8 Å². The number of thiazole rings is 1. The molecule has 0 radical (unpaired) electrons. The molecule has 0 aliphatic rings. The molecule has 112 valence electrons. The number of aryl methyl sites for hydroxylation is 2. The predicted octanol–water partition coefficient (Wildman–Crippen LogP) is 4.71. The van der Waals surface area contributed by atoms with Crippen LogP contribution in [0.1, 0.15) is 15.9 Å². The van der Waals surface area contributed by atoms with Gasteiger partial charge in [0.2, 0.25) is 0 Å². The highest BCUT2D eigenvalue weighted by atomic mass is 79.9. The fourth-order valence-corrected chi connectivity index (χ4v) is 3.89. The Labute approximate surface area is 145 Å². The third kappa shape index (κ3) is 2.76. The molecule has 3 nitrogen and oxygen atoms in total. The monoisotopic (exact) mass is 394 g/mol. The lowest BCUT2D eigenvalue weighted by Gasteiger charge is -2.00. The number of rotatable bonds is 1. The van der Waals surface area contributed by atoms with E-state index < -0.39 is 0 Å². The molecule has 6 heteroatoms. The summed E-state index contributed by atoms with van der Waals surface area (Å²) in [6.45, 7) is 2.02. The molecule has 0 aliphatic heterocycles. The molecule has 22 heavy (non-hydrogen) atoms. The van der Waals surface area contributed by atoms with Crippen LogP contribution in [0.5, 0.6) is 0 Å². The SMILES string of the molecule is Cc1ccc(Cl)c2sc(=NC(=O)c3ccc(Br)cc3)n(C)c12. The first-order valence-corrected chi connectivity index (χ1v) is 8.55. The molecule has 0 bridgehead atoms. The van der Waals surface area contributed by atoms with Gasteiger partial charge in [-0.05, 0) is 42.8 Å². The molecule has 0 aliphatic carbocycles.